The first kappa shape index (κ1) is 14.5. The maximum absolute atomic E-state index is 11.6. The lowest BCUT2D eigenvalue weighted by Gasteiger charge is -2.29. The predicted octanol–water partition coefficient (Wildman–Crippen LogP) is 1.26. The highest BCUT2D eigenvalue weighted by molar-refractivity contribution is 5.77. The summed E-state index contributed by atoms with van der Waals surface area (Å²) in [5.74, 6) is 0.584. The minimum atomic E-state index is -0.248. The van der Waals surface area contributed by atoms with Gasteiger partial charge in [0.05, 0.1) is 5.60 Å². The van der Waals surface area contributed by atoms with Gasteiger partial charge < -0.3 is 15.0 Å². The molecule has 0 aliphatic carbocycles. The highest BCUT2D eigenvalue weighted by atomic mass is 16.5. The lowest BCUT2D eigenvalue weighted by molar-refractivity contribution is -0.130. The van der Waals surface area contributed by atoms with Crippen molar-refractivity contribution in [1.82, 2.24) is 10.2 Å². The van der Waals surface area contributed by atoms with E-state index in [2.05, 4.69) is 17.3 Å². The molecule has 1 fully saturated rings. The van der Waals surface area contributed by atoms with Crippen LogP contribution >= 0.6 is 0 Å². The molecule has 4 heteroatoms. The molecule has 0 radical (unpaired) electrons. The molecule has 0 aromatic rings. The standard InChI is InChI=1S/C13H26N2O2/c1-13(2,3)17-10-12(16)14-8-11-6-5-7-15(4)9-11/h11H,5-10H2,1-4H3,(H,14,16). The Morgan fingerprint density at radius 2 is 2.18 bits per heavy atom. The van der Waals surface area contributed by atoms with Crippen molar-refractivity contribution in [2.45, 2.75) is 39.2 Å². The molecule has 0 bridgehead atoms. The second-order valence-corrected chi connectivity index (χ2v) is 5.98. The molecule has 0 aromatic carbocycles. The Balaban J connectivity index is 2.15. The van der Waals surface area contributed by atoms with Crippen molar-refractivity contribution in [3.05, 3.63) is 0 Å². The van der Waals surface area contributed by atoms with Gasteiger partial charge in [-0.15, -0.1) is 0 Å². The zero-order valence-electron chi connectivity index (χ0n) is 11.6. The summed E-state index contributed by atoms with van der Waals surface area (Å²) in [4.78, 5) is 13.9. The van der Waals surface area contributed by atoms with Crippen molar-refractivity contribution in [3.8, 4) is 0 Å². The van der Waals surface area contributed by atoms with Crippen LogP contribution in [0.15, 0.2) is 0 Å². The molecule has 17 heavy (non-hydrogen) atoms. The van der Waals surface area contributed by atoms with Gasteiger partial charge in [0.15, 0.2) is 0 Å². The second-order valence-electron chi connectivity index (χ2n) is 5.98. The van der Waals surface area contributed by atoms with Crippen LogP contribution in [0.3, 0.4) is 0 Å². The van der Waals surface area contributed by atoms with E-state index in [1.807, 2.05) is 20.8 Å². The molecule has 1 aliphatic rings. The van der Waals surface area contributed by atoms with Crippen LogP contribution in [0.25, 0.3) is 0 Å². The first-order valence-electron chi connectivity index (χ1n) is 6.46. The van der Waals surface area contributed by atoms with Crippen molar-refractivity contribution >= 4 is 5.91 Å². The summed E-state index contributed by atoms with van der Waals surface area (Å²) in [6, 6.07) is 0. The van der Waals surface area contributed by atoms with Crippen LogP contribution in [-0.2, 0) is 9.53 Å². The van der Waals surface area contributed by atoms with Crippen LogP contribution in [0.1, 0.15) is 33.6 Å². The van der Waals surface area contributed by atoms with E-state index >= 15 is 0 Å². The van der Waals surface area contributed by atoms with Crippen LogP contribution in [0.2, 0.25) is 0 Å². The van der Waals surface area contributed by atoms with E-state index in [4.69, 9.17) is 4.74 Å². The molecule has 1 aliphatic heterocycles. The Hall–Kier alpha value is -0.610. The number of rotatable bonds is 4. The summed E-state index contributed by atoms with van der Waals surface area (Å²) < 4.78 is 5.43. The average Bonchev–Trinajstić information content (AvgIpc) is 2.23. The number of likely N-dealkylation sites (tertiary alicyclic amines) is 1. The van der Waals surface area contributed by atoms with E-state index in [0.717, 1.165) is 13.1 Å². The molecule has 0 spiro atoms. The zero-order valence-corrected chi connectivity index (χ0v) is 11.6. The zero-order chi connectivity index (χ0) is 12.9. The Morgan fingerprint density at radius 3 is 2.76 bits per heavy atom. The smallest absolute Gasteiger partial charge is 0.246 e. The van der Waals surface area contributed by atoms with E-state index in [9.17, 15) is 4.79 Å². The largest absolute Gasteiger partial charge is 0.366 e. The number of ether oxygens (including phenoxy) is 1. The third-order valence-electron chi connectivity index (χ3n) is 2.95. The molecule has 1 amide bonds. The average molecular weight is 242 g/mol. The number of hydrogen-bond acceptors (Lipinski definition) is 3. The van der Waals surface area contributed by atoms with Gasteiger partial charge in [-0.3, -0.25) is 4.79 Å². The Kier molecular flexibility index (Phi) is 5.40. The van der Waals surface area contributed by atoms with Crippen LogP contribution in [0.5, 0.6) is 0 Å². The fraction of sp³-hybridized carbons (Fsp3) is 0.923. The van der Waals surface area contributed by atoms with Crippen molar-refractivity contribution in [3.63, 3.8) is 0 Å². The van der Waals surface area contributed by atoms with Gasteiger partial charge in [0.1, 0.15) is 6.61 Å². The molecule has 4 nitrogen and oxygen atoms in total. The number of hydrogen-bond donors (Lipinski definition) is 1. The van der Waals surface area contributed by atoms with E-state index < -0.39 is 0 Å². The maximum atomic E-state index is 11.6. The monoisotopic (exact) mass is 242 g/mol. The lowest BCUT2D eigenvalue weighted by atomic mass is 9.98. The molecule has 100 valence electrons. The van der Waals surface area contributed by atoms with Gasteiger partial charge in [-0.25, -0.2) is 0 Å². The molecule has 1 saturated heterocycles. The normalized spacial score (nSPS) is 22.5. The third kappa shape index (κ3) is 6.64. The molecule has 0 aromatic heterocycles. The van der Waals surface area contributed by atoms with Crippen molar-refractivity contribution in [2.24, 2.45) is 5.92 Å². The molecule has 1 heterocycles. The number of amides is 1. The minimum Gasteiger partial charge on any atom is -0.366 e. The molecule has 1 unspecified atom stereocenters. The Labute approximate surface area is 105 Å². The molecule has 1 N–H and O–H groups in total. The Bertz CT molecular complexity index is 248. The molecule has 0 saturated carbocycles. The number of piperidine rings is 1. The predicted molar refractivity (Wildman–Crippen MR) is 68.9 cm³/mol. The SMILES string of the molecule is CN1CCCC(CNC(=O)COC(C)(C)C)C1. The van der Waals surface area contributed by atoms with Gasteiger partial charge in [-0.1, -0.05) is 0 Å². The van der Waals surface area contributed by atoms with E-state index in [1.54, 1.807) is 0 Å². The van der Waals surface area contributed by atoms with Crippen LogP contribution in [0.4, 0.5) is 0 Å². The van der Waals surface area contributed by atoms with Gasteiger partial charge in [0.25, 0.3) is 0 Å². The van der Waals surface area contributed by atoms with Gasteiger partial charge in [-0.05, 0) is 53.1 Å². The minimum absolute atomic E-state index is 0.00634. The first-order valence-corrected chi connectivity index (χ1v) is 6.46. The summed E-state index contributed by atoms with van der Waals surface area (Å²) in [6.45, 7) is 9.06. The highest BCUT2D eigenvalue weighted by Gasteiger charge is 2.18. The first-order chi connectivity index (χ1) is 7.87. The fourth-order valence-electron chi connectivity index (χ4n) is 2.03. The molecule has 1 rings (SSSR count). The lowest BCUT2D eigenvalue weighted by Crippen LogP contribution is -2.40. The van der Waals surface area contributed by atoms with Gasteiger partial charge in [-0.2, -0.15) is 0 Å². The van der Waals surface area contributed by atoms with Crippen molar-refractivity contribution in [1.29, 1.82) is 0 Å². The summed E-state index contributed by atoms with van der Waals surface area (Å²) in [5, 5.41) is 2.95. The number of carbonyl (C=O) groups is 1. The highest BCUT2D eigenvalue weighted by Crippen LogP contribution is 2.13. The van der Waals surface area contributed by atoms with Gasteiger partial charge in [0, 0.05) is 13.1 Å². The second kappa shape index (κ2) is 6.36. The Morgan fingerprint density at radius 1 is 1.47 bits per heavy atom. The van der Waals surface area contributed by atoms with Crippen LogP contribution < -0.4 is 5.32 Å². The number of nitrogens with zero attached hydrogens (tertiary/aromatic N) is 1. The summed E-state index contributed by atoms with van der Waals surface area (Å²) in [5.41, 5.74) is -0.248. The topological polar surface area (TPSA) is 41.6 Å². The molecular weight excluding hydrogens is 216 g/mol. The molecular formula is C13H26N2O2. The van der Waals surface area contributed by atoms with Crippen molar-refractivity contribution in [2.75, 3.05) is 33.3 Å². The van der Waals surface area contributed by atoms with E-state index in [0.29, 0.717) is 5.92 Å². The van der Waals surface area contributed by atoms with Crippen LogP contribution in [0, 0.1) is 5.92 Å². The van der Waals surface area contributed by atoms with E-state index in [-0.39, 0.29) is 18.1 Å². The fourth-order valence-corrected chi connectivity index (χ4v) is 2.03. The summed E-state index contributed by atoms with van der Waals surface area (Å²) >= 11 is 0. The van der Waals surface area contributed by atoms with Crippen molar-refractivity contribution < 1.29 is 9.53 Å². The number of carbonyl (C=O) groups excluding carboxylic acids is 1. The molecule has 1 atom stereocenters. The quantitative estimate of drug-likeness (QED) is 0.807. The van der Waals surface area contributed by atoms with Gasteiger partial charge in [0.2, 0.25) is 5.91 Å². The number of nitrogens with one attached hydrogen (secondary N) is 1. The third-order valence-corrected chi connectivity index (χ3v) is 2.95. The summed E-state index contributed by atoms with van der Waals surface area (Å²) in [6.07, 6.45) is 2.44. The maximum Gasteiger partial charge on any atom is 0.246 e. The van der Waals surface area contributed by atoms with E-state index in [1.165, 1.54) is 19.4 Å². The van der Waals surface area contributed by atoms with Crippen LogP contribution in [-0.4, -0.2) is 49.7 Å². The van der Waals surface area contributed by atoms with Gasteiger partial charge >= 0.3 is 0 Å². The summed E-state index contributed by atoms with van der Waals surface area (Å²) in [7, 11) is 2.14.